The first-order valence-corrected chi connectivity index (χ1v) is 5.11. The minimum Gasteiger partial charge on any atom is -0.478 e. The SMILES string of the molecule is Cc1c(C(=O)O)ccn1Cc1ccccc1. The van der Waals surface area contributed by atoms with E-state index in [0.717, 1.165) is 11.3 Å². The van der Waals surface area contributed by atoms with Crippen molar-refractivity contribution in [2.45, 2.75) is 13.5 Å². The van der Waals surface area contributed by atoms with Gasteiger partial charge in [0.1, 0.15) is 0 Å². The van der Waals surface area contributed by atoms with Gasteiger partial charge in [-0.15, -0.1) is 0 Å². The topological polar surface area (TPSA) is 42.2 Å². The molecule has 0 amide bonds. The number of aromatic carboxylic acids is 1. The van der Waals surface area contributed by atoms with Crippen LogP contribution in [-0.2, 0) is 6.54 Å². The Kier molecular flexibility index (Phi) is 2.77. The van der Waals surface area contributed by atoms with E-state index in [0.29, 0.717) is 12.1 Å². The largest absolute Gasteiger partial charge is 0.478 e. The average molecular weight is 215 g/mol. The van der Waals surface area contributed by atoms with Gasteiger partial charge in [-0.1, -0.05) is 30.3 Å². The van der Waals surface area contributed by atoms with Crippen molar-refractivity contribution < 1.29 is 9.90 Å². The highest BCUT2D eigenvalue weighted by molar-refractivity contribution is 5.88. The quantitative estimate of drug-likeness (QED) is 0.854. The van der Waals surface area contributed by atoms with E-state index in [1.807, 2.05) is 48.0 Å². The first-order chi connectivity index (χ1) is 7.68. The van der Waals surface area contributed by atoms with Gasteiger partial charge in [0, 0.05) is 18.4 Å². The number of rotatable bonds is 3. The summed E-state index contributed by atoms with van der Waals surface area (Å²) in [4.78, 5) is 10.9. The van der Waals surface area contributed by atoms with Gasteiger partial charge in [0.05, 0.1) is 5.56 Å². The highest BCUT2D eigenvalue weighted by Gasteiger charge is 2.10. The molecule has 1 heterocycles. The van der Waals surface area contributed by atoms with Crippen LogP contribution in [0.4, 0.5) is 0 Å². The van der Waals surface area contributed by atoms with E-state index in [1.165, 1.54) is 0 Å². The molecular formula is C13H13NO2. The zero-order valence-corrected chi connectivity index (χ0v) is 9.05. The van der Waals surface area contributed by atoms with Gasteiger partial charge in [-0.3, -0.25) is 0 Å². The van der Waals surface area contributed by atoms with Crippen LogP contribution in [0.25, 0.3) is 0 Å². The Bertz CT molecular complexity index is 500. The van der Waals surface area contributed by atoms with E-state index in [1.54, 1.807) is 6.07 Å². The fraction of sp³-hybridized carbons (Fsp3) is 0.154. The van der Waals surface area contributed by atoms with Crippen molar-refractivity contribution in [2.24, 2.45) is 0 Å². The van der Waals surface area contributed by atoms with E-state index in [-0.39, 0.29) is 0 Å². The molecule has 0 radical (unpaired) electrons. The van der Waals surface area contributed by atoms with Gasteiger partial charge in [0.25, 0.3) is 0 Å². The lowest BCUT2D eigenvalue weighted by molar-refractivity contribution is 0.0696. The van der Waals surface area contributed by atoms with Gasteiger partial charge in [-0.25, -0.2) is 4.79 Å². The summed E-state index contributed by atoms with van der Waals surface area (Å²) in [5, 5.41) is 8.93. The highest BCUT2D eigenvalue weighted by atomic mass is 16.4. The second-order valence-corrected chi connectivity index (χ2v) is 3.73. The Hall–Kier alpha value is -2.03. The average Bonchev–Trinajstić information content (AvgIpc) is 2.62. The van der Waals surface area contributed by atoms with Crippen LogP contribution >= 0.6 is 0 Å². The lowest BCUT2D eigenvalue weighted by atomic mass is 10.2. The van der Waals surface area contributed by atoms with Crippen molar-refractivity contribution in [3.05, 3.63) is 59.4 Å². The fourth-order valence-corrected chi connectivity index (χ4v) is 1.73. The van der Waals surface area contributed by atoms with E-state index in [4.69, 9.17) is 5.11 Å². The predicted octanol–water partition coefficient (Wildman–Crippen LogP) is 2.54. The fourth-order valence-electron chi connectivity index (χ4n) is 1.73. The van der Waals surface area contributed by atoms with Crippen molar-refractivity contribution in [3.8, 4) is 0 Å². The number of benzene rings is 1. The van der Waals surface area contributed by atoms with Gasteiger partial charge in [-0.2, -0.15) is 0 Å². The van der Waals surface area contributed by atoms with E-state index in [2.05, 4.69) is 0 Å². The molecule has 82 valence electrons. The maximum absolute atomic E-state index is 10.9. The summed E-state index contributed by atoms with van der Waals surface area (Å²) >= 11 is 0. The maximum Gasteiger partial charge on any atom is 0.337 e. The summed E-state index contributed by atoms with van der Waals surface area (Å²) in [6.45, 7) is 2.53. The third kappa shape index (κ3) is 1.98. The third-order valence-electron chi connectivity index (χ3n) is 2.67. The Labute approximate surface area is 94.0 Å². The lowest BCUT2D eigenvalue weighted by Crippen LogP contribution is -2.03. The second-order valence-electron chi connectivity index (χ2n) is 3.73. The number of hydrogen-bond donors (Lipinski definition) is 1. The van der Waals surface area contributed by atoms with Crippen LogP contribution in [0.15, 0.2) is 42.6 Å². The monoisotopic (exact) mass is 215 g/mol. The predicted molar refractivity (Wildman–Crippen MR) is 61.7 cm³/mol. The van der Waals surface area contributed by atoms with Gasteiger partial charge >= 0.3 is 5.97 Å². The number of aromatic nitrogens is 1. The van der Waals surface area contributed by atoms with Gasteiger partial charge in [0.15, 0.2) is 0 Å². The minimum absolute atomic E-state index is 0.371. The van der Waals surface area contributed by atoms with Crippen LogP contribution in [-0.4, -0.2) is 15.6 Å². The molecule has 1 aromatic heterocycles. The highest BCUT2D eigenvalue weighted by Crippen LogP contribution is 2.12. The molecule has 3 nitrogen and oxygen atoms in total. The molecule has 0 bridgehead atoms. The first kappa shape index (κ1) is 10.5. The zero-order valence-electron chi connectivity index (χ0n) is 9.05. The van der Waals surface area contributed by atoms with E-state index in [9.17, 15) is 4.79 Å². The molecular weight excluding hydrogens is 202 g/mol. The van der Waals surface area contributed by atoms with Crippen molar-refractivity contribution in [3.63, 3.8) is 0 Å². The molecule has 3 heteroatoms. The summed E-state index contributed by atoms with van der Waals surface area (Å²) in [6, 6.07) is 11.6. The van der Waals surface area contributed by atoms with Gasteiger partial charge < -0.3 is 9.67 Å². The van der Waals surface area contributed by atoms with Gasteiger partial charge in [0.2, 0.25) is 0 Å². The molecule has 16 heavy (non-hydrogen) atoms. The smallest absolute Gasteiger partial charge is 0.337 e. The molecule has 0 aliphatic heterocycles. The summed E-state index contributed by atoms with van der Waals surface area (Å²) in [7, 11) is 0. The van der Waals surface area contributed by atoms with Crippen LogP contribution in [0, 0.1) is 6.92 Å². The number of carboxylic acid groups (broad SMARTS) is 1. The number of carboxylic acids is 1. The normalized spacial score (nSPS) is 10.3. The van der Waals surface area contributed by atoms with Gasteiger partial charge in [-0.05, 0) is 18.6 Å². The maximum atomic E-state index is 10.9. The Morgan fingerprint density at radius 1 is 1.25 bits per heavy atom. The van der Waals surface area contributed by atoms with Crippen LogP contribution in [0.2, 0.25) is 0 Å². The van der Waals surface area contributed by atoms with Crippen molar-refractivity contribution in [2.75, 3.05) is 0 Å². The van der Waals surface area contributed by atoms with E-state index >= 15 is 0 Å². The van der Waals surface area contributed by atoms with Crippen molar-refractivity contribution >= 4 is 5.97 Å². The molecule has 1 N–H and O–H groups in total. The Morgan fingerprint density at radius 3 is 2.50 bits per heavy atom. The van der Waals surface area contributed by atoms with E-state index < -0.39 is 5.97 Å². The van der Waals surface area contributed by atoms with Crippen molar-refractivity contribution in [1.82, 2.24) is 4.57 Å². The number of carbonyl (C=O) groups is 1. The molecule has 0 atom stereocenters. The summed E-state index contributed by atoms with van der Waals surface area (Å²) in [5.74, 6) is -0.871. The molecule has 0 aliphatic rings. The summed E-state index contributed by atoms with van der Waals surface area (Å²) in [5.41, 5.74) is 2.32. The van der Waals surface area contributed by atoms with Crippen LogP contribution in [0.1, 0.15) is 21.6 Å². The summed E-state index contributed by atoms with van der Waals surface area (Å²) < 4.78 is 1.94. The lowest BCUT2D eigenvalue weighted by Gasteiger charge is -2.06. The van der Waals surface area contributed by atoms with Crippen LogP contribution < -0.4 is 0 Å². The molecule has 0 saturated carbocycles. The number of nitrogens with zero attached hydrogens (tertiary/aromatic N) is 1. The zero-order chi connectivity index (χ0) is 11.5. The van der Waals surface area contributed by atoms with Crippen LogP contribution in [0.3, 0.4) is 0 Å². The second kappa shape index (κ2) is 4.23. The first-order valence-electron chi connectivity index (χ1n) is 5.11. The number of hydrogen-bond acceptors (Lipinski definition) is 1. The standard InChI is InChI=1S/C13H13NO2/c1-10-12(13(15)16)7-8-14(10)9-11-5-3-2-4-6-11/h2-8H,9H2,1H3,(H,15,16). The molecule has 0 fully saturated rings. The van der Waals surface area contributed by atoms with Crippen molar-refractivity contribution in [1.29, 1.82) is 0 Å². The third-order valence-corrected chi connectivity index (χ3v) is 2.67. The minimum atomic E-state index is -0.871. The molecule has 1 aromatic carbocycles. The molecule has 0 saturated heterocycles. The molecule has 0 unspecified atom stereocenters. The Balaban J connectivity index is 2.26. The molecule has 0 aliphatic carbocycles. The van der Waals surface area contributed by atoms with Crippen LogP contribution in [0.5, 0.6) is 0 Å². The molecule has 2 rings (SSSR count). The Morgan fingerprint density at radius 2 is 1.94 bits per heavy atom. The molecule has 0 spiro atoms. The molecule has 2 aromatic rings. The summed E-state index contributed by atoms with van der Waals surface area (Å²) in [6.07, 6.45) is 1.81.